The molecule has 0 aliphatic rings. The smallest absolute Gasteiger partial charge is 0.130 e. The molecule has 1 aromatic rings. The van der Waals surface area contributed by atoms with Crippen LogP contribution in [0.25, 0.3) is 0 Å². The molecule has 0 heterocycles. The first kappa shape index (κ1) is 14.8. The van der Waals surface area contributed by atoms with E-state index in [2.05, 4.69) is 39.2 Å². The van der Waals surface area contributed by atoms with Gasteiger partial charge in [0, 0.05) is 24.1 Å². The highest BCUT2D eigenvalue weighted by Crippen LogP contribution is 2.22. The van der Waals surface area contributed by atoms with Crippen molar-refractivity contribution in [3.8, 4) is 0 Å². The molecule has 18 heavy (non-hydrogen) atoms. The number of nitroso groups, excluding NO2 is 1. The van der Waals surface area contributed by atoms with Crippen LogP contribution in [0.4, 0.5) is 0 Å². The minimum absolute atomic E-state index is 0.373. The van der Waals surface area contributed by atoms with Crippen LogP contribution in [0.1, 0.15) is 11.6 Å². The normalized spacial score (nSPS) is 12.1. The molecule has 0 N–H and O–H groups in total. The second-order valence-corrected chi connectivity index (χ2v) is 4.89. The molecule has 3 nitrogen and oxygen atoms in total. The van der Waals surface area contributed by atoms with Crippen LogP contribution in [-0.4, -0.2) is 24.5 Å². The summed E-state index contributed by atoms with van der Waals surface area (Å²) in [6, 6.07) is 7.30. The van der Waals surface area contributed by atoms with Crippen LogP contribution in [0.3, 0.4) is 0 Å². The summed E-state index contributed by atoms with van der Waals surface area (Å²) in [6.45, 7) is 9.42. The third-order valence-electron chi connectivity index (χ3n) is 2.57. The summed E-state index contributed by atoms with van der Waals surface area (Å²) in [5.74, 6) is 0. The van der Waals surface area contributed by atoms with Crippen LogP contribution < -0.4 is 0 Å². The number of halogens is 1. The maximum atomic E-state index is 11.0. The summed E-state index contributed by atoms with van der Waals surface area (Å²) < 4.78 is 0.952. The standard InChI is InChI=1S/C14H17BrN2O/c1-3-8-17(9-4-2)11-14(16-18)12-6-5-7-13(15)10-12/h3-7,10,14H,1-2,8-9,11H2. The van der Waals surface area contributed by atoms with E-state index in [4.69, 9.17) is 0 Å². The zero-order valence-electron chi connectivity index (χ0n) is 10.3. The van der Waals surface area contributed by atoms with E-state index < -0.39 is 0 Å². The fourth-order valence-electron chi connectivity index (χ4n) is 1.75. The molecule has 4 heteroatoms. The predicted octanol–water partition coefficient (Wildman–Crippen LogP) is 3.93. The van der Waals surface area contributed by atoms with Crippen LogP contribution in [0.2, 0.25) is 0 Å². The number of rotatable bonds is 8. The molecule has 0 aromatic heterocycles. The average molecular weight is 309 g/mol. The zero-order valence-corrected chi connectivity index (χ0v) is 11.8. The average Bonchev–Trinajstić information content (AvgIpc) is 2.36. The van der Waals surface area contributed by atoms with Crippen molar-refractivity contribution in [1.29, 1.82) is 0 Å². The van der Waals surface area contributed by atoms with Crippen molar-refractivity contribution >= 4 is 15.9 Å². The third-order valence-corrected chi connectivity index (χ3v) is 3.06. The van der Waals surface area contributed by atoms with Crippen molar-refractivity contribution in [2.75, 3.05) is 19.6 Å². The van der Waals surface area contributed by atoms with Gasteiger partial charge in [-0.15, -0.1) is 13.2 Å². The summed E-state index contributed by atoms with van der Waals surface area (Å²) in [5.41, 5.74) is 0.914. The van der Waals surface area contributed by atoms with Gasteiger partial charge in [-0.3, -0.25) is 4.90 Å². The molecule has 0 saturated carbocycles. The lowest BCUT2D eigenvalue weighted by atomic mass is 10.1. The van der Waals surface area contributed by atoms with E-state index in [9.17, 15) is 4.91 Å². The van der Waals surface area contributed by atoms with Gasteiger partial charge >= 0.3 is 0 Å². The Labute approximate surface area is 116 Å². The molecule has 0 radical (unpaired) electrons. The second-order valence-electron chi connectivity index (χ2n) is 3.97. The highest BCUT2D eigenvalue weighted by molar-refractivity contribution is 9.10. The van der Waals surface area contributed by atoms with Gasteiger partial charge in [0.15, 0.2) is 0 Å². The summed E-state index contributed by atoms with van der Waals surface area (Å²) in [4.78, 5) is 13.1. The van der Waals surface area contributed by atoms with Crippen molar-refractivity contribution in [2.45, 2.75) is 6.04 Å². The molecular formula is C14H17BrN2O. The van der Waals surface area contributed by atoms with Crippen LogP contribution in [0.5, 0.6) is 0 Å². The third kappa shape index (κ3) is 4.55. The molecule has 1 rings (SSSR count). The van der Waals surface area contributed by atoms with Gasteiger partial charge in [0.1, 0.15) is 6.04 Å². The number of hydrogen-bond acceptors (Lipinski definition) is 3. The molecular weight excluding hydrogens is 292 g/mol. The molecule has 0 saturated heterocycles. The highest BCUT2D eigenvalue weighted by atomic mass is 79.9. The summed E-state index contributed by atoms with van der Waals surface area (Å²) in [6.07, 6.45) is 3.62. The number of benzene rings is 1. The van der Waals surface area contributed by atoms with Crippen molar-refractivity contribution < 1.29 is 0 Å². The monoisotopic (exact) mass is 308 g/mol. The maximum Gasteiger partial charge on any atom is 0.130 e. The van der Waals surface area contributed by atoms with Gasteiger partial charge in [-0.05, 0) is 17.7 Å². The second kappa shape index (κ2) is 7.95. The zero-order chi connectivity index (χ0) is 13.4. The molecule has 1 unspecified atom stereocenters. The first-order chi connectivity index (χ1) is 8.71. The molecule has 1 atom stereocenters. The molecule has 0 aliphatic carbocycles. The Balaban J connectivity index is 2.79. The number of nitrogens with zero attached hydrogens (tertiary/aromatic N) is 2. The molecule has 0 fully saturated rings. The Morgan fingerprint density at radius 1 is 1.33 bits per heavy atom. The molecule has 1 aromatic carbocycles. The van der Waals surface area contributed by atoms with Gasteiger partial charge < -0.3 is 0 Å². The first-order valence-corrected chi connectivity index (χ1v) is 6.52. The Bertz CT molecular complexity index is 410. The van der Waals surface area contributed by atoms with Crippen LogP contribution in [0, 0.1) is 4.91 Å². The number of hydrogen-bond donors (Lipinski definition) is 0. The van der Waals surface area contributed by atoms with E-state index in [-0.39, 0.29) is 6.04 Å². The van der Waals surface area contributed by atoms with Crippen molar-refractivity contribution in [3.05, 3.63) is 64.5 Å². The minimum atomic E-state index is -0.373. The Morgan fingerprint density at radius 3 is 2.50 bits per heavy atom. The lowest BCUT2D eigenvalue weighted by Gasteiger charge is -2.21. The van der Waals surface area contributed by atoms with Gasteiger partial charge in [-0.25, -0.2) is 0 Å². The van der Waals surface area contributed by atoms with Gasteiger partial charge in [0.05, 0.1) is 0 Å². The maximum absolute atomic E-state index is 11.0. The largest absolute Gasteiger partial charge is 0.293 e. The molecule has 0 bridgehead atoms. The van der Waals surface area contributed by atoms with Gasteiger partial charge in [0.25, 0.3) is 0 Å². The van der Waals surface area contributed by atoms with Gasteiger partial charge in [0.2, 0.25) is 0 Å². The molecule has 96 valence electrons. The van der Waals surface area contributed by atoms with Crippen LogP contribution in [0.15, 0.2) is 59.2 Å². The fraction of sp³-hybridized carbons (Fsp3) is 0.286. The lowest BCUT2D eigenvalue weighted by Crippen LogP contribution is -2.28. The Morgan fingerprint density at radius 2 is 2.00 bits per heavy atom. The summed E-state index contributed by atoms with van der Waals surface area (Å²) in [7, 11) is 0. The van der Waals surface area contributed by atoms with Crippen molar-refractivity contribution in [3.63, 3.8) is 0 Å². The van der Waals surface area contributed by atoms with Gasteiger partial charge in [-0.2, -0.15) is 4.91 Å². The highest BCUT2D eigenvalue weighted by Gasteiger charge is 2.15. The van der Waals surface area contributed by atoms with E-state index in [0.29, 0.717) is 19.6 Å². The van der Waals surface area contributed by atoms with Crippen molar-refractivity contribution in [1.82, 2.24) is 4.90 Å². The minimum Gasteiger partial charge on any atom is -0.293 e. The molecule has 0 spiro atoms. The Kier molecular flexibility index (Phi) is 6.54. The quantitative estimate of drug-likeness (QED) is 0.538. The van der Waals surface area contributed by atoms with E-state index in [0.717, 1.165) is 10.0 Å². The predicted molar refractivity (Wildman–Crippen MR) is 79.5 cm³/mol. The van der Waals surface area contributed by atoms with Crippen molar-refractivity contribution in [2.24, 2.45) is 5.18 Å². The molecule has 0 amide bonds. The van der Waals surface area contributed by atoms with E-state index in [1.54, 1.807) is 0 Å². The van der Waals surface area contributed by atoms with E-state index in [1.807, 2.05) is 36.4 Å². The lowest BCUT2D eigenvalue weighted by molar-refractivity contribution is 0.313. The Hall–Kier alpha value is -1.26. The summed E-state index contributed by atoms with van der Waals surface area (Å²) in [5, 5.41) is 3.22. The van der Waals surface area contributed by atoms with E-state index >= 15 is 0 Å². The summed E-state index contributed by atoms with van der Waals surface area (Å²) >= 11 is 3.40. The first-order valence-electron chi connectivity index (χ1n) is 5.73. The topological polar surface area (TPSA) is 32.7 Å². The fourth-order valence-corrected chi connectivity index (χ4v) is 2.16. The van der Waals surface area contributed by atoms with Crippen LogP contribution in [-0.2, 0) is 0 Å². The van der Waals surface area contributed by atoms with Crippen LogP contribution >= 0.6 is 15.9 Å². The van der Waals surface area contributed by atoms with Gasteiger partial charge in [-0.1, -0.05) is 45.4 Å². The molecule has 0 aliphatic heterocycles. The van der Waals surface area contributed by atoms with E-state index in [1.165, 1.54) is 0 Å². The SMILES string of the molecule is C=CCN(CC=C)CC(N=O)c1cccc(Br)c1.